The molecule has 98 valence electrons. The van der Waals surface area contributed by atoms with Crippen molar-refractivity contribution in [2.24, 2.45) is 10.9 Å². The number of benzene rings is 1. The van der Waals surface area contributed by atoms with Gasteiger partial charge in [-0.25, -0.2) is 0 Å². The van der Waals surface area contributed by atoms with Gasteiger partial charge in [-0.2, -0.15) is 0 Å². The third-order valence-corrected chi connectivity index (χ3v) is 2.70. The summed E-state index contributed by atoms with van der Waals surface area (Å²) in [7, 11) is 0. The molecular formula is C13H12ClN3O2. The topological polar surface area (TPSA) is 80.7 Å². The van der Waals surface area contributed by atoms with Gasteiger partial charge >= 0.3 is 0 Å². The van der Waals surface area contributed by atoms with Gasteiger partial charge in [0.15, 0.2) is 5.84 Å². The molecule has 0 unspecified atom stereocenters. The van der Waals surface area contributed by atoms with E-state index < -0.39 is 0 Å². The third kappa shape index (κ3) is 3.14. The van der Waals surface area contributed by atoms with Crippen LogP contribution in [0.3, 0.4) is 0 Å². The molecule has 3 N–H and O–H groups in total. The molecule has 0 spiro atoms. The second-order valence-electron chi connectivity index (χ2n) is 3.90. The number of halogens is 1. The molecule has 0 aliphatic carbocycles. The van der Waals surface area contributed by atoms with Gasteiger partial charge in [-0.05, 0) is 30.7 Å². The van der Waals surface area contributed by atoms with E-state index in [4.69, 9.17) is 27.3 Å². The van der Waals surface area contributed by atoms with E-state index in [2.05, 4.69) is 10.1 Å². The number of aromatic nitrogens is 1. The van der Waals surface area contributed by atoms with Crippen molar-refractivity contribution in [1.82, 2.24) is 4.98 Å². The highest BCUT2D eigenvalue weighted by molar-refractivity contribution is 6.30. The summed E-state index contributed by atoms with van der Waals surface area (Å²) in [6, 6.07) is 6.90. The second kappa shape index (κ2) is 5.58. The quantitative estimate of drug-likeness (QED) is 0.391. The van der Waals surface area contributed by atoms with Crippen LogP contribution in [0.4, 0.5) is 0 Å². The highest BCUT2D eigenvalue weighted by Crippen LogP contribution is 2.25. The Bertz CT molecular complexity index is 629. The summed E-state index contributed by atoms with van der Waals surface area (Å²) >= 11 is 5.83. The Morgan fingerprint density at radius 1 is 1.32 bits per heavy atom. The van der Waals surface area contributed by atoms with E-state index >= 15 is 0 Å². The molecule has 0 aliphatic rings. The van der Waals surface area contributed by atoms with E-state index in [0.29, 0.717) is 22.1 Å². The first-order valence-electron chi connectivity index (χ1n) is 5.47. The zero-order valence-electron chi connectivity index (χ0n) is 10.2. The first-order valence-corrected chi connectivity index (χ1v) is 5.85. The molecule has 1 heterocycles. The summed E-state index contributed by atoms with van der Waals surface area (Å²) in [5, 5.41) is 12.1. The normalized spacial score (nSPS) is 11.4. The lowest BCUT2D eigenvalue weighted by Crippen LogP contribution is -2.14. The summed E-state index contributed by atoms with van der Waals surface area (Å²) in [5.74, 6) is 1.23. The molecule has 0 bridgehead atoms. The third-order valence-electron chi connectivity index (χ3n) is 2.50. The van der Waals surface area contributed by atoms with Crippen molar-refractivity contribution >= 4 is 17.4 Å². The Hall–Kier alpha value is -2.27. The van der Waals surface area contributed by atoms with Crippen LogP contribution in [0.5, 0.6) is 11.5 Å². The number of nitrogens with two attached hydrogens (primary N) is 1. The van der Waals surface area contributed by atoms with Crippen molar-refractivity contribution in [2.75, 3.05) is 0 Å². The van der Waals surface area contributed by atoms with Crippen molar-refractivity contribution in [3.8, 4) is 11.5 Å². The molecule has 0 saturated carbocycles. The summed E-state index contributed by atoms with van der Waals surface area (Å²) in [5.41, 5.74) is 7.04. The van der Waals surface area contributed by atoms with Gasteiger partial charge in [-0.3, -0.25) is 4.98 Å². The smallest absolute Gasteiger partial charge is 0.170 e. The second-order valence-corrected chi connectivity index (χ2v) is 4.34. The van der Waals surface area contributed by atoms with Crippen LogP contribution < -0.4 is 10.5 Å². The lowest BCUT2D eigenvalue weighted by molar-refractivity contribution is 0.318. The Kier molecular flexibility index (Phi) is 3.87. The van der Waals surface area contributed by atoms with Gasteiger partial charge in [0.05, 0.1) is 11.2 Å². The largest absolute Gasteiger partial charge is 0.456 e. The number of aryl methyl sites for hydroxylation is 1. The average molecular weight is 278 g/mol. The number of ether oxygens (including phenoxy) is 1. The van der Waals surface area contributed by atoms with Crippen molar-refractivity contribution in [2.45, 2.75) is 6.92 Å². The van der Waals surface area contributed by atoms with Crippen LogP contribution in [0.1, 0.15) is 11.1 Å². The van der Waals surface area contributed by atoms with Crippen molar-refractivity contribution in [3.63, 3.8) is 0 Å². The summed E-state index contributed by atoms with van der Waals surface area (Å²) in [6.07, 6.45) is 3.10. The van der Waals surface area contributed by atoms with Crippen LogP contribution in [-0.4, -0.2) is 16.0 Å². The molecule has 2 aromatic rings. The van der Waals surface area contributed by atoms with Gasteiger partial charge < -0.3 is 15.7 Å². The van der Waals surface area contributed by atoms with Crippen LogP contribution in [-0.2, 0) is 0 Å². The average Bonchev–Trinajstić information content (AvgIpc) is 2.38. The fourth-order valence-corrected chi connectivity index (χ4v) is 1.79. The number of pyridine rings is 1. The molecule has 6 heteroatoms. The molecular weight excluding hydrogens is 266 g/mol. The minimum atomic E-state index is 0.0634. The van der Waals surface area contributed by atoms with Crippen LogP contribution in [0, 0.1) is 6.92 Å². The lowest BCUT2D eigenvalue weighted by atomic mass is 10.1. The molecule has 0 radical (unpaired) electrons. The minimum absolute atomic E-state index is 0.0634. The molecule has 0 saturated heterocycles. The van der Waals surface area contributed by atoms with E-state index in [1.807, 2.05) is 6.92 Å². The number of rotatable bonds is 3. The first-order chi connectivity index (χ1) is 9.10. The number of amidine groups is 1. The number of oxime groups is 1. The number of nitrogens with zero attached hydrogens (tertiary/aromatic N) is 2. The molecule has 0 fully saturated rings. The summed E-state index contributed by atoms with van der Waals surface area (Å²) < 4.78 is 5.62. The molecule has 5 nitrogen and oxygen atoms in total. The van der Waals surface area contributed by atoms with Gasteiger partial charge in [0.2, 0.25) is 0 Å². The fourth-order valence-electron chi connectivity index (χ4n) is 1.63. The van der Waals surface area contributed by atoms with E-state index in [0.717, 1.165) is 5.56 Å². The maximum Gasteiger partial charge on any atom is 0.170 e. The number of hydrogen-bond acceptors (Lipinski definition) is 4. The van der Waals surface area contributed by atoms with Crippen LogP contribution in [0.25, 0.3) is 0 Å². The predicted molar refractivity (Wildman–Crippen MR) is 73.0 cm³/mol. The molecule has 0 atom stereocenters. The zero-order valence-corrected chi connectivity index (χ0v) is 10.9. The Morgan fingerprint density at radius 3 is 2.74 bits per heavy atom. The highest BCUT2D eigenvalue weighted by atomic mass is 35.5. The van der Waals surface area contributed by atoms with Crippen molar-refractivity contribution in [1.29, 1.82) is 0 Å². The van der Waals surface area contributed by atoms with Gasteiger partial charge in [-0.1, -0.05) is 16.8 Å². The summed E-state index contributed by atoms with van der Waals surface area (Å²) in [4.78, 5) is 3.93. The summed E-state index contributed by atoms with van der Waals surface area (Å²) in [6.45, 7) is 1.84. The van der Waals surface area contributed by atoms with Gasteiger partial charge in [0.25, 0.3) is 0 Å². The molecule has 2 rings (SSSR count). The van der Waals surface area contributed by atoms with E-state index in [1.165, 1.54) is 6.20 Å². The Balaban J connectivity index is 2.26. The lowest BCUT2D eigenvalue weighted by Gasteiger charge is -2.09. The van der Waals surface area contributed by atoms with Gasteiger partial charge in [0, 0.05) is 17.8 Å². The van der Waals surface area contributed by atoms with Crippen LogP contribution >= 0.6 is 11.6 Å². The van der Waals surface area contributed by atoms with Crippen LogP contribution in [0.15, 0.2) is 41.8 Å². The van der Waals surface area contributed by atoms with E-state index in [-0.39, 0.29) is 5.84 Å². The van der Waals surface area contributed by atoms with Gasteiger partial charge in [-0.15, -0.1) is 0 Å². The molecule has 1 aromatic carbocycles. The predicted octanol–water partition coefficient (Wildman–Crippen LogP) is 2.93. The Morgan fingerprint density at radius 2 is 2.11 bits per heavy atom. The van der Waals surface area contributed by atoms with Crippen LogP contribution in [0.2, 0.25) is 5.02 Å². The SMILES string of the molecule is Cc1cc(Oc2cncc(Cl)c2)ccc1/C(N)=N/O. The fraction of sp³-hybridized carbons (Fsp3) is 0.0769. The van der Waals surface area contributed by atoms with E-state index in [1.54, 1.807) is 30.5 Å². The molecule has 19 heavy (non-hydrogen) atoms. The van der Waals surface area contributed by atoms with Crippen molar-refractivity contribution < 1.29 is 9.94 Å². The standard InChI is InChI=1S/C13H12ClN3O2/c1-8-4-10(2-3-12(8)13(15)17-18)19-11-5-9(14)6-16-7-11/h2-7,18H,1H3,(H2,15,17). The highest BCUT2D eigenvalue weighted by Gasteiger charge is 2.06. The monoisotopic (exact) mass is 277 g/mol. The molecule has 0 amide bonds. The Labute approximate surface area is 115 Å². The molecule has 0 aliphatic heterocycles. The zero-order chi connectivity index (χ0) is 13.8. The number of hydrogen-bond donors (Lipinski definition) is 2. The van der Waals surface area contributed by atoms with E-state index in [9.17, 15) is 0 Å². The first kappa shape index (κ1) is 13.2. The van der Waals surface area contributed by atoms with Gasteiger partial charge in [0.1, 0.15) is 11.5 Å². The maximum atomic E-state index is 8.66. The minimum Gasteiger partial charge on any atom is -0.456 e. The van der Waals surface area contributed by atoms with Crippen molar-refractivity contribution in [3.05, 3.63) is 52.8 Å². The molecule has 1 aromatic heterocycles. The maximum absolute atomic E-state index is 8.66.